The number of quaternary nitrogens is 1. The highest BCUT2D eigenvalue weighted by atomic mass is 15.4. The quantitative estimate of drug-likeness (QED) is 0.179. The van der Waals surface area contributed by atoms with Crippen molar-refractivity contribution in [3.63, 3.8) is 0 Å². The van der Waals surface area contributed by atoms with E-state index in [4.69, 9.17) is 0 Å². The van der Waals surface area contributed by atoms with Crippen molar-refractivity contribution in [2.75, 3.05) is 19.6 Å². The maximum atomic E-state index is 2.37. The van der Waals surface area contributed by atoms with Gasteiger partial charge in [-0.05, 0) is 75.5 Å². The van der Waals surface area contributed by atoms with Crippen LogP contribution >= 0.6 is 0 Å². The summed E-state index contributed by atoms with van der Waals surface area (Å²) in [6.45, 7) is 11.7. The predicted octanol–water partition coefficient (Wildman–Crippen LogP) is 8.51. The molecule has 0 amide bonds. The van der Waals surface area contributed by atoms with Crippen LogP contribution in [0.5, 0.6) is 0 Å². The van der Waals surface area contributed by atoms with Gasteiger partial charge in [-0.1, -0.05) is 59.3 Å². The molecule has 0 spiro atoms. The van der Waals surface area contributed by atoms with Crippen LogP contribution in [0.4, 0.5) is 0 Å². The number of hydrogen-bond donors (Lipinski definition) is 0. The summed E-state index contributed by atoms with van der Waals surface area (Å²) in [5.41, 5.74) is 0.694. The Kier molecular flexibility index (Phi) is 9.40. The van der Waals surface area contributed by atoms with E-state index in [9.17, 15) is 0 Å². The van der Waals surface area contributed by atoms with Crippen molar-refractivity contribution in [3.05, 3.63) is 0 Å². The van der Waals surface area contributed by atoms with E-state index < -0.39 is 0 Å². The molecule has 0 N–H and O–H groups in total. The summed E-state index contributed by atoms with van der Waals surface area (Å²) in [4.78, 5) is 0. The monoisotopic (exact) mass is 404 g/mol. The minimum atomic E-state index is 0.694. The molecule has 0 unspecified atom stereocenters. The highest BCUT2D eigenvalue weighted by molar-refractivity contribution is 5.03. The Hall–Kier alpha value is -0.0400. The highest BCUT2D eigenvalue weighted by Crippen LogP contribution is 2.60. The van der Waals surface area contributed by atoms with Crippen LogP contribution in [0.2, 0.25) is 0 Å². The first-order chi connectivity index (χ1) is 14.2. The van der Waals surface area contributed by atoms with Crippen LogP contribution in [0, 0.1) is 17.8 Å². The van der Waals surface area contributed by atoms with Gasteiger partial charge in [-0.2, -0.15) is 0 Å². The third kappa shape index (κ3) is 5.81. The van der Waals surface area contributed by atoms with Gasteiger partial charge in [-0.25, -0.2) is 0 Å². The zero-order valence-electron chi connectivity index (χ0n) is 20.5. The van der Waals surface area contributed by atoms with Crippen LogP contribution in [0.1, 0.15) is 136 Å². The molecule has 0 aromatic heterocycles. The lowest BCUT2D eigenvalue weighted by molar-refractivity contribution is -0.982. The van der Waals surface area contributed by atoms with E-state index >= 15 is 0 Å². The maximum absolute atomic E-state index is 2.37. The van der Waals surface area contributed by atoms with Gasteiger partial charge in [0.2, 0.25) is 0 Å². The van der Waals surface area contributed by atoms with Gasteiger partial charge in [0.15, 0.2) is 0 Å². The SMILES string of the molecule is CCCCCC[N+](CCCCCC)(CCCCCC)C12CC3CC(CC(C3)C1)C2. The average Bonchev–Trinajstić information content (AvgIpc) is 2.70. The molecule has 0 atom stereocenters. The summed E-state index contributed by atoms with van der Waals surface area (Å²) >= 11 is 0. The molecule has 1 nitrogen and oxygen atoms in total. The maximum Gasteiger partial charge on any atom is 0.100 e. The molecule has 29 heavy (non-hydrogen) atoms. The summed E-state index contributed by atoms with van der Waals surface area (Å²) in [7, 11) is 0. The standard InChI is InChI=1S/C28H54N/c1-4-7-10-13-16-29(17-14-11-8-5-2,18-15-12-9-6-3)28-22-25-19-26(23-28)21-27(20-25)24-28/h25-27H,4-24H2,1-3H3/q+1. The summed E-state index contributed by atoms with van der Waals surface area (Å²) in [5, 5.41) is 0. The Morgan fingerprint density at radius 2 is 0.862 bits per heavy atom. The zero-order valence-corrected chi connectivity index (χ0v) is 20.5. The molecule has 0 aromatic carbocycles. The van der Waals surface area contributed by atoms with Gasteiger partial charge < -0.3 is 4.48 Å². The fourth-order valence-electron chi connectivity index (χ4n) is 8.22. The molecule has 4 aliphatic carbocycles. The van der Waals surface area contributed by atoms with Crippen molar-refractivity contribution in [2.24, 2.45) is 17.8 Å². The minimum absolute atomic E-state index is 0.694. The van der Waals surface area contributed by atoms with Gasteiger partial charge in [0.05, 0.1) is 19.6 Å². The third-order valence-corrected chi connectivity index (χ3v) is 9.33. The number of hydrogen-bond acceptors (Lipinski definition) is 0. The van der Waals surface area contributed by atoms with Crippen molar-refractivity contribution in [1.82, 2.24) is 0 Å². The van der Waals surface area contributed by atoms with E-state index in [1.54, 1.807) is 43.0 Å². The van der Waals surface area contributed by atoms with E-state index in [0.29, 0.717) is 5.54 Å². The van der Waals surface area contributed by atoms with Crippen LogP contribution in [-0.4, -0.2) is 29.7 Å². The van der Waals surface area contributed by atoms with E-state index in [1.165, 1.54) is 96.7 Å². The van der Waals surface area contributed by atoms with Gasteiger partial charge >= 0.3 is 0 Å². The van der Waals surface area contributed by atoms with E-state index in [2.05, 4.69) is 20.8 Å². The second-order valence-corrected chi connectivity index (χ2v) is 11.6. The first kappa shape index (κ1) is 23.6. The van der Waals surface area contributed by atoms with Crippen molar-refractivity contribution in [3.8, 4) is 0 Å². The van der Waals surface area contributed by atoms with Gasteiger partial charge in [0.25, 0.3) is 0 Å². The smallest absolute Gasteiger partial charge is 0.100 e. The number of unbranched alkanes of at least 4 members (excludes halogenated alkanes) is 9. The molecule has 0 aliphatic heterocycles. The molecule has 4 saturated carbocycles. The molecule has 0 radical (unpaired) electrons. The predicted molar refractivity (Wildman–Crippen MR) is 128 cm³/mol. The molecule has 170 valence electrons. The fourth-order valence-corrected chi connectivity index (χ4v) is 8.22. The molecule has 0 saturated heterocycles. The van der Waals surface area contributed by atoms with Gasteiger partial charge in [0.1, 0.15) is 5.54 Å². The number of nitrogens with zero attached hydrogens (tertiary/aromatic N) is 1. The Morgan fingerprint density at radius 3 is 1.17 bits per heavy atom. The Morgan fingerprint density at radius 1 is 0.517 bits per heavy atom. The minimum Gasteiger partial charge on any atom is -0.319 e. The lowest BCUT2D eigenvalue weighted by Gasteiger charge is -2.64. The molecule has 0 heterocycles. The number of rotatable bonds is 16. The van der Waals surface area contributed by atoms with Crippen molar-refractivity contribution in [2.45, 2.75) is 142 Å². The Bertz CT molecular complexity index is 387. The molecule has 4 aliphatic rings. The first-order valence-corrected chi connectivity index (χ1v) is 14.0. The average molecular weight is 405 g/mol. The fraction of sp³-hybridized carbons (Fsp3) is 1.00. The lowest BCUT2D eigenvalue weighted by Crippen LogP contribution is -2.71. The van der Waals surface area contributed by atoms with Crippen molar-refractivity contribution in [1.29, 1.82) is 0 Å². The van der Waals surface area contributed by atoms with Crippen LogP contribution in [0.15, 0.2) is 0 Å². The summed E-state index contributed by atoms with van der Waals surface area (Å²) in [6, 6.07) is 0. The van der Waals surface area contributed by atoms with Crippen LogP contribution < -0.4 is 0 Å². The zero-order chi connectivity index (χ0) is 20.6. The summed E-state index contributed by atoms with van der Waals surface area (Å²) < 4.78 is 1.56. The summed E-state index contributed by atoms with van der Waals surface area (Å²) in [6.07, 6.45) is 27.0. The third-order valence-electron chi connectivity index (χ3n) is 9.33. The van der Waals surface area contributed by atoms with Crippen LogP contribution in [0.3, 0.4) is 0 Å². The second-order valence-electron chi connectivity index (χ2n) is 11.6. The first-order valence-electron chi connectivity index (χ1n) is 14.0. The largest absolute Gasteiger partial charge is 0.319 e. The lowest BCUT2D eigenvalue weighted by atomic mass is 9.51. The van der Waals surface area contributed by atoms with Crippen molar-refractivity contribution >= 4 is 0 Å². The van der Waals surface area contributed by atoms with Crippen LogP contribution in [0.25, 0.3) is 0 Å². The highest BCUT2D eigenvalue weighted by Gasteiger charge is 2.60. The molecule has 4 fully saturated rings. The van der Waals surface area contributed by atoms with Gasteiger partial charge in [0, 0.05) is 19.3 Å². The van der Waals surface area contributed by atoms with Crippen LogP contribution in [-0.2, 0) is 0 Å². The normalized spacial score (nSPS) is 30.9. The van der Waals surface area contributed by atoms with E-state index in [1.807, 2.05) is 0 Å². The molecular weight excluding hydrogens is 350 g/mol. The van der Waals surface area contributed by atoms with Gasteiger partial charge in [-0.3, -0.25) is 0 Å². The molecule has 4 bridgehead atoms. The van der Waals surface area contributed by atoms with Gasteiger partial charge in [-0.15, -0.1) is 0 Å². The van der Waals surface area contributed by atoms with E-state index in [-0.39, 0.29) is 0 Å². The molecular formula is C28H54N+. The molecule has 1 heteroatoms. The molecule has 4 rings (SSSR count). The second kappa shape index (κ2) is 11.5. The molecule has 0 aromatic rings. The Balaban J connectivity index is 1.77. The van der Waals surface area contributed by atoms with E-state index in [0.717, 1.165) is 17.8 Å². The Labute approximate surface area is 184 Å². The topological polar surface area (TPSA) is 0 Å². The van der Waals surface area contributed by atoms with Crippen molar-refractivity contribution < 1.29 is 4.48 Å². The summed E-state index contributed by atoms with van der Waals surface area (Å²) in [5.74, 6) is 3.29.